The van der Waals surface area contributed by atoms with Gasteiger partial charge in [-0.25, -0.2) is 4.99 Å². The second kappa shape index (κ2) is 5.37. The molecule has 0 unspecified atom stereocenters. The average molecular weight is 267 g/mol. The van der Waals surface area contributed by atoms with E-state index in [1.807, 2.05) is 18.2 Å². The molecule has 0 saturated carbocycles. The Kier molecular flexibility index (Phi) is 3.42. The maximum atomic E-state index is 9.84. The number of rotatable bonds is 2. The molecule has 0 fully saturated rings. The van der Waals surface area contributed by atoms with Crippen molar-refractivity contribution in [3.05, 3.63) is 53.6 Å². The molecule has 1 aliphatic rings. The number of hydrogen-bond acceptors (Lipinski definition) is 3. The summed E-state index contributed by atoms with van der Waals surface area (Å²) in [5.41, 5.74) is 4.10. The van der Waals surface area contributed by atoms with Gasteiger partial charge in [-0.15, -0.1) is 0 Å². The van der Waals surface area contributed by atoms with E-state index in [1.165, 1.54) is 11.1 Å². The Hall–Kier alpha value is -2.29. The molecule has 102 valence electrons. The Morgan fingerprint density at radius 1 is 1.10 bits per heavy atom. The van der Waals surface area contributed by atoms with E-state index in [-0.39, 0.29) is 5.75 Å². The van der Waals surface area contributed by atoms with E-state index in [2.05, 4.69) is 17.1 Å². The third kappa shape index (κ3) is 2.39. The number of aromatic hydroxyl groups is 1. The summed E-state index contributed by atoms with van der Waals surface area (Å²) in [4.78, 5) is 4.64. The lowest BCUT2D eigenvalue weighted by molar-refractivity contribution is 0.414. The third-order valence-corrected chi connectivity index (χ3v) is 3.62. The molecule has 0 amide bonds. The van der Waals surface area contributed by atoms with E-state index in [9.17, 15) is 5.11 Å². The lowest BCUT2D eigenvalue weighted by Crippen LogP contribution is -2.11. The number of methoxy groups -OCH3 is 1. The second-order valence-electron chi connectivity index (χ2n) is 4.92. The van der Waals surface area contributed by atoms with Gasteiger partial charge in [-0.2, -0.15) is 0 Å². The summed E-state index contributed by atoms with van der Waals surface area (Å²) in [5.74, 6) is 1.10. The summed E-state index contributed by atoms with van der Waals surface area (Å²) in [6.45, 7) is 0. The summed E-state index contributed by atoms with van der Waals surface area (Å²) >= 11 is 0. The lowest BCUT2D eigenvalue weighted by Gasteiger charge is -2.19. The zero-order valence-electron chi connectivity index (χ0n) is 11.5. The van der Waals surface area contributed by atoms with E-state index < -0.39 is 0 Å². The number of phenols is 1. The van der Waals surface area contributed by atoms with Gasteiger partial charge >= 0.3 is 0 Å². The smallest absolute Gasteiger partial charge is 0.141 e. The van der Waals surface area contributed by atoms with Gasteiger partial charge in [0.2, 0.25) is 0 Å². The van der Waals surface area contributed by atoms with Crippen molar-refractivity contribution in [1.82, 2.24) is 0 Å². The number of benzene rings is 2. The number of para-hydroxylation sites is 2. The van der Waals surface area contributed by atoms with Crippen molar-refractivity contribution in [3.63, 3.8) is 0 Å². The van der Waals surface area contributed by atoms with Crippen molar-refractivity contribution in [2.24, 2.45) is 4.99 Å². The molecule has 1 aliphatic carbocycles. The van der Waals surface area contributed by atoms with Crippen LogP contribution in [0.5, 0.6) is 11.5 Å². The summed E-state index contributed by atoms with van der Waals surface area (Å²) in [7, 11) is 1.68. The highest BCUT2D eigenvalue weighted by atomic mass is 16.5. The molecule has 0 aliphatic heterocycles. The minimum absolute atomic E-state index is 0.223. The van der Waals surface area contributed by atoms with Crippen LogP contribution < -0.4 is 4.74 Å². The fourth-order valence-electron chi connectivity index (χ4n) is 2.59. The minimum Gasteiger partial charge on any atom is -0.506 e. The quantitative estimate of drug-likeness (QED) is 0.897. The first kappa shape index (κ1) is 12.7. The molecule has 20 heavy (non-hydrogen) atoms. The Bertz CT molecular complexity index is 662. The Balaban J connectivity index is 2.04. The first-order valence-corrected chi connectivity index (χ1v) is 6.81. The van der Waals surface area contributed by atoms with Crippen LogP contribution in [-0.2, 0) is 6.42 Å². The lowest BCUT2D eigenvalue weighted by atomic mass is 9.90. The predicted octanol–water partition coefficient (Wildman–Crippen LogP) is 3.86. The first-order chi connectivity index (χ1) is 9.78. The number of ether oxygens (including phenoxy) is 1. The monoisotopic (exact) mass is 267 g/mol. The topological polar surface area (TPSA) is 41.8 Å². The molecule has 0 heterocycles. The van der Waals surface area contributed by atoms with Crippen molar-refractivity contribution < 1.29 is 9.84 Å². The van der Waals surface area contributed by atoms with Crippen LogP contribution in [0.25, 0.3) is 0 Å². The van der Waals surface area contributed by atoms with Crippen molar-refractivity contribution >= 4 is 11.4 Å². The van der Waals surface area contributed by atoms with Crippen molar-refractivity contribution in [2.75, 3.05) is 7.11 Å². The highest BCUT2D eigenvalue weighted by molar-refractivity contribution is 6.04. The van der Waals surface area contributed by atoms with Gasteiger partial charge in [-0.3, -0.25) is 0 Å². The highest BCUT2D eigenvalue weighted by Crippen LogP contribution is 2.30. The second-order valence-corrected chi connectivity index (χ2v) is 4.92. The van der Waals surface area contributed by atoms with Crippen LogP contribution in [0.1, 0.15) is 24.0 Å². The van der Waals surface area contributed by atoms with Gasteiger partial charge in [0.25, 0.3) is 0 Å². The van der Waals surface area contributed by atoms with Crippen LogP contribution in [0, 0.1) is 0 Å². The average Bonchev–Trinajstić information content (AvgIpc) is 2.49. The molecule has 0 spiro atoms. The summed E-state index contributed by atoms with van der Waals surface area (Å²) in [6, 6.07) is 13.3. The molecule has 0 radical (unpaired) electrons. The minimum atomic E-state index is 0.223. The van der Waals surface area contributed by atoms with Crippen molar-refractivity contribution in [2.45, 2.75) is 19.3 Å². The molecule has 0 atom stereocenters. The molecule has 0 saturated heterocycles. The van der Waals surface area contributed by atoms with Crippen molar-refractivity contribution in [1.29, 1.82) is 0 Å². The summed E-state index contributed by atoms with van der Waals surface area (Å²) < 4.78 is 5.27. The zero-order chi connectivity index (χ0) is 13.9. The van der Waals surface area contributed by atoms with Gasteiger partial charge in [0.15, 0.2) is 0 Å². The van der Waals surface area contributed by atoms with Crippen LogP contribution in [0.15, 0.2) is 47.5 Å². The van der Waals surface area contributed by atoms with E-state index in [1.54, 1.807) is 19.2 Å². The SMILES string of the molecule is COc1ccc2c(c1)CCCC2=Nc1ccccc1O. The van der Waals surface area contributed by atoms with Crippen LogP contribution in [-0.4, -0.2) is 17.9 Å². The predicted molar refractivity (Wildman–Crippen MR) is 80.2 cm³/mol. The number of phenolic OH excluding ortho intramolecular Hbond substituents is 1. The number of fused-ring (bicyclic) bond motifs is 1. The third-order valence-electron chi connectivity index (χ3n) is 3.62. The largest absolute Gasteiger partial charge is 0.506 e. The van der Waals surface area contributed by atoms with Gasteiger partial charge < -0.3 is 9.84 Å². The fourth-order valence-corrected chi connectivity index (χ4v) is 2.59. The zero-order valence-corrected chi connectivity index (χ0v) is 11.5. The maximum Gasteiger partial charge on any atom is 0.141 e. The summed E-state index contributed by atoms with van der Waals surface area (Å²) in [6.07, 6.45) is 3.06. The molecule has 2 aromatic carbocycles. The van der Waals surface area contributed by atoms with Crippen LogP contribution in [0.4, 0.5) is 5.69 Å². The Morgan fingerprint density at radius 2 is 1.95 bits per heavy atom. The molecular formula is C17H17NO2. The van der Waals surface area contributed by atoms with E-state index in [4.69, 9.17) is 4.74 Å². The fraction of sp³-hybridized carbons (Fsp3) is 0.235. The Morgan fingerprint density at radius 3 is 2.75 bits per heavy atom. The molecule has 3 nitrogen and oxygen atoms in total. The number of nitrogens with zero attached hydrogens (tertiary/aromatic N) is 1. The summed E-state index contributed by atoms with van der Waals surface area (Å²) in [5, 5.41) is 9.84. The van der Waals surface area contributed by atoms with Crippen LogP contribution >= 0.6 is 0 Å². The van der Waals surface area contributed by atoms with Gasteiger partial charge in [-0.1, -0.05) is 12.1 Å². The van der Waals surface area contributed by atoms with E-state index in [0.717, 1.165) is 30.7 Å². The molecule has 0 aromatic heterocycles. The van der Waals surface area contributed by atoms with Crippen molar-refractivity contribution in [3.8, 4) is 11.5 Å². The molecule has 2 aromatic rings. The van der Waals surface area contributed by atoms with Gasteiger partial charge in [0.1, 0.15) is 17.2 Å². The molecule has 0 bridgehead atoms. The van der Waals surface area contributed by atoms with E-state index in [0.29, 0.717) is 5.69 Å². The normalized spacial score (nSPS) is 15.9. The van der Waals surface area contributed by atoms with Crippen LogP contribution in [0.2, 0.25) is 0 Å². The number of aliphatic imine (C=N–C) groups is 1. The maximum absolute atomic E-state index is 9.84. The van der Waals surface area contributed by atoms with Gasteiger partial charge in [0.05, 0.1) is 7.11 Å². The van der Waals surface area contributed by atoms with Crippen LogP contribution in [0.3, 0.4) is 0 Å². The van der Waals surface area contributed by atoms with E-state index >= 15 is 0 Å². The molecule has 3 heteroatoms. The Labute approximate surface area is 118 Å². The molecular weight excluding hydrogens is 250 g/mol. The number of aryl methyl sites for hydroxylation is 1. The number of hydrogen-bond donors (Lipinski definition) is 1. The standard InChI is InChI=1S/C17H17NO2/c1-20-13-9-10-14-12(11-13)5-4-7-15(14)18-16-6-2-3-8-17(16)19/h2-3,6,8-11,19H,4-5,7H2,1H3. The highest BCUT2D eigenvalue weighted by Gasteiger charge is 2.16. The van der Waals surface area contributed by atoms with Gasteiger partial charge in [0, 0.05) is 5.71 Å². The van der Waals surface area contributed by atoms with Gasteiger partial charge in [-0.05, 0) is 60.7 Å². The first-order valence-electron chi connectivity index (χ1n) is 6.81. The molecule has 1 N–H and O–H groups in total. The molecule has 3 rings (SSSR count).